The van der Waals surface area contributed by atoms with E-state index in [2.05, 4.69) is 22.2 Å². The first-order chi connectivity index (χ1) is 6.79. The fourth-order valence-electron chi connectivity index (χ4n) is 1.89. The van der Waals surface area contributed by atoms with Gasteiger partial charge in [0.15, 0.2) is 0 Å². The van der Waals surface area contributed by atoms with Gasteiger partial charge in [-0.3, -0.25) is 0 Å². The number of nitrogens with one attached hydrogen (secondary N) is 1. The Balaban J connectivity index is 0.00000112. The monoisotopic (exact) mass is 227 g/mol. The molecule has 4 heteroatoms. The molecule has 84 valence electrons. The van der Waals surface area contributed by atoms with Crippen molar-refractivity contribution in [1.29, 1.82) is 0 Å². The van der Waals surface area contributed by atoms with Crippen molar-refractivity contribution in [2.75, 3.05) is 6.54 Å². The average Bonchev–Trinajstić information content (AvgIpc) is 2.17. The highest BCUT2D eigenvalue weighted by atomic mass is 35.5. The van der Waals surface area contributed by atoms with Gasteiger partial charge in [0.25, 0.3) is 0 Å². The minimum absolute atomic E-state index is 0. The summed E-state index contributed by atoms with van der Waals surface area (Å²) >= 11 is 0. The second kappa shape index (κ2) is 5.42. The van der Waals surface area contributed by atoms with Crippen LogP contribution in [0.4, 0.5) is 0 Å². The molecule has 1 aromatic heterocycles. The molecule has 1 aliphatic carbocycles. The van der Waals surface area contributed by atoms with Crippen molar-refractivity contribution in [3.8, 4) is 0 Å². The molecule has 0 amide bonds. The smallest absolute Gasteiger partial charge is 0.115 e. The summed E-state index contributed by atoms with van der Waals surface area (Å²) < 4.78 is 0. The third-order valence-corrected chi connectivity index (χ3v) is 3.06. The minimum Gasteiger partial charge on any atom is -0.312 e. The molecular weight excluding hydrogens is 210 g/mol. The maximum absolute atomic E-state index is 3.98. The molecular formula is C11H18ClN3. The van der Waals surface area contributed by atoms with Crippen LogP contribution < -0.4 is 5.32 Å². The molecule has 2 rings (SSSR count). The van der Waals surface area contributed by atoms with Crippen LogP contribution in [0.15, 0.2) is 18.7 Å². The summed E-state index contributed by atoms with van der Waals surface area (Å²) in [6.07, 6.45) is 9.42. The van der Waals surface area contributed by atoms with Crippen LogP contribution >= 0.6 is 12.4 Å². The zero-order chi connectivity index (χ0) is 9.86. The predicted molar refractivity (Wildman–Crippen MR) is 62.9 cm³/mol. The van der Waals surface area contributed by atoms with Gasteiger partial charge in [0, 0.05) is 31.0 Å². The minimum atomic E-state index is 0. The van der Waals surface area contributed by atoms with E-state index in [-0.39, 0.29) is 12.4 Å². The van der Waals surface area contributed by atoms with Gasteiger partial charge in [0.2, 0.25) is 0 Å². The van der Waals surface area contributed by atoms with E-state index in [0.717, 1.165) is 18.7 Å². The van der Waals surface area contributed by atoms with Gasteiger partial charge in [0.05, 0.1) is 0 Å². The third-order valence-electron chi connectivity index (χ3n) is 3.06. The van der Waals surface area contributed by atoms with Crippen molar-refractivity contribution < 1.29 is 0 Å². The predicted octanol–water partition coefficient (Wildman–Crippen LogP) is 2.18. The first-order valence-electron chi connectivity index (χ1n) is 5.23. The van der Waals surface area contributed by atoms with Gasteiger partial charge in [0.1, 0.15) is 6.33 Å². The van der Waals surface area contributed by atoms with Crippen molar-refractivity contribution in [3.05, 3.63) is 24.3 Å². The van der Waals surface area contributed by atoms with Gasteiger partial charge >= 0.3 is 0 Å². The Morgan fingerprint density at radius 1 is 1.33 bits per heavy atom. The number of hydrogen-bond acceptors (Lipinski definition) is 3. The van der Waals surface area contributed by atoms with E-state index < -0.39 is 0 Å². The number of rotatable bonds is 4. The third kappa shape index (κ3) is 3.43. The summed E-state index contributed by atoms with van der Waals surface area (Å²) in [5.41, 5.74) is 1.71. The molecule has 0 spiro atoms. The molecule has 0 aromatic carbocycles. The SMILES string of the molecule is CC1(CNCc2cncnc2)CCC1.Cl. The summed E-state index contributed by atoms with van der Waals surface area (Å²) in [5.74, 6) is 0. The standard InChI is InChI=1S/C11H17N3.ClH/c1-11(3-2-4-11)8-12-5-10-6-13-9-14-7-10;/h6-7,9,12H,2-5,8H2,1H3;1H. The Bertz CT molecular complexity index is 285. The molecule has 0 bridgehead atoms. The number of nitrogens with zero attached hydrogens (tertiary/aromatic N) is 2. The number of halogens is 1. The highest BCUT2D eigenvalue weighted by Gasteiger charge is 2.30. The zero-order valence-electron chi connectivity index (χ0n) is 9.07. The van der Waals surface area contributed by atoms with E-state index in [9.17, 15) is 0 Å². The topological polar surface area (TPSA) is 37.8 Å². The van der Waals surface area contributed by atoms with Crippen LogP contribution in [0.3, 0.4) is 0 Å². The Labute approximate surface area is 97.1 Å². The fourth-order valence-corrected chi connectivity index (χ4v) is 1.89. The van der Waals surface area contributed by atoms with Crippen LogP contribution in [0.1, 0.15) is 31.7 Å². The van der Waals surface area contributed by atoms with Gasteiger partial charge in [-0.15, -0.1) is 12.4 Å². The number of aromatic nitrogens is 2. The largest absolute Gasteiger partial charge is 0.312 e. The van der Waals surface area contributed by atoms with E-state index in [1.165, 1.54) is 19.3 Å². The highest BCUT2D eigenvalue weighted by molar-refractivity contribution is 5.85. The summed E-state index contributed by atoms with van der Waals surface area (Å²) in [6.45, 7) is 4.35. The second-order valence-corrected chi connectivity index (χ2v) is 4.51. The van der Waals surface area contributed by atoms with Gasteiger partial charge in [-0.05, 0) is 18.3 Å². The molecule has 0 unspecified atom stereocenters. The molecule has 15 heavy (non-hydrogen) atoms. The van der Waals surface area contributed by atoms with Crippen LogP contribution in [0, 0.1) is 5.41 Å². The molecule has 1 heterocycles. The molecule has 0 saturated heterocycles. The summed E-state index contributed by atoms with van der Waals surface area (Å²) in [7, 11) is 0. The van der Waals surface area contributed by atoms with Gasteiger partial charge < -0.3 is 5.32 Å². The molecule has 0 radical (unpaired) electrons. The molecule has 1 N–H and O–H groups in total. The van der Waals surface area contributed by atoms with Crippen molar-refractivity contribution in [2.24, 2.45) is 5.41 Å². The van der Waals surface area contributed by atoms with E-state index in [1.807, 2.05) is 12.4 Å². The van der Waals surface area contributed by atoms with Crippen LogP contribution in [0.2, 0.25) is 0 Å². The molecule has 1 saturated carbocycles. The molecule has 0 aliphatic heterocycles. The quantitative estimate of drug-likeness (QED) is 0.857. The lowest BCUT2D eigenvalue weighted by molar-refractivity contribution is 0.156. The van der Waals surface area contributed by atoms with Crippen molar-refractivity contribution in [3.63, 3.8) is 0 Å². The van der Waals surface area contributed by atoms with Gasteiger partial charge in [-0.2, -0.15) is 0 Å². The van der Waals surface area contributed by atoms with E-state index in [1.54, 1.807) is 6.33 Å². The lowest BCUT2D eigenvalue weighted by Crippen LogP contribution is -2.36. The van der Waals surface area contributed by atoms with Gasteiger partial charge in [-0.25, -0.2) is 9.97 Å². The summed E-state index contributed by atoms with van der Waals surface area (Å²) in [5, 5.41) is 3.46. The Morgan fingerprint density at radius 3 is 2.53 bits per heavy atom. The Hall–Kier alpha value is -0.670. The normalized spacial score (nSPS) is 17.7. The Kier molecular flexibility index (Phi) is 4.48. The number of hydrogen-bond donors (Lipinski definition) is 1. The maximum atomic E-state index is 3.98. The van der Waals surface area contributed by atoms with E-state index >= 15 is 0 Å². The maximum Gasteiger partial charge on any atom is 0.115 e. The molecule has 1 aliphatic rings. The first kappa shape index (κ1) is 12.4. The highest BCUT2D eigenvalue weighted by Crippen LogP contribution is 2.39. The summed E-state index contributed by atoms with van der Waals surface area (Å²) in [6, 6.07) is 0. The molecule has 3 nitrogen and oxygen atoms in total. The van der Waals surface area contributed by atoms with Crippen LogP contribution in [0.25, 0.3) is 0 Å². The average molecular weight is 228 g/mol. The van der Waals surface area contributed by atoms with Gasteiger partial charge in [-0.1, -0.05) is 13.3 Å². The lowest BCUT2D eigenvalue weighted by Gasteiger charge is -2.38. The fraction of sp³-hybridized carbons (Fsp3) is 0.636. The van der Waals surface area contributed by atoms with Crippen molar-refractivity contribution in [2.45, 2.75) is 32.7 Å². The van der Waals surface area contributed by atoms with Crippen LogP contribution in [-0.4, -0.2) is 16.5 Å². The first-order valence-corrected chi connectivity index (χ1v) is 5.23. The molecule has 0 atom stereocenters. The van der Waals surface area contributed by atoms with E-state index in [0.29, 0.717) is 5.41 Å². The van der Waals surface area contributed by atoms with Crippen LogP contribution in [0.5, 0.6) is 0 Å². The zero-order valence-corrected chi connectivity index (χ0v) is 9.89. The second-order valence-electron chi connectivity index (χ2n) is 4.51. The Morgan fingerprint density at radius 2 is 2.00 bits per heavy atom. The van der Waals surface area contributed by atoms with Crippen molar-refractivity contribution >= 4 is 12.4 Å². The van der Waals surface area contributed by atoms with Crippen molar-refractivity contribution in [1.82, 2.24) is 15.3 Å². The van der Waals surface area contributed by atoms with Crippen LogP contribution in [-0.2, 0) is 6.54 Å². The molecule has 1 aromatic rings. The molecule has 1 fully saturated rings. The lowest BCUT2D eigenvalue weighted by atomic mass is 9.70. The van der Waals surface area contributed by atoms with E-state index in [4.69, 9.17) is 0 Å². The summed E-state index contributed by atoms with van der Waals surface area (Å²) in [4.78, 5) is 7.97.